The third kappa shape index (κ3) is 36.3. The van der Waals surface area contributed by atoms with Crippen LogP contribution in [0, 0.1) is 0 Å². The minimum absolute atomic E-state index is 0.639. The van der Waals surface area contributed by atoms with E-state index in [1.54, 1.807) is 0 Å². The van der Waals surface area contributed by atoms with Crippen molar-refractivity contribution >= 4 is 11.9 Å². The van der Waals surface area contributed by atoms with Crippen molar-refractivity contribution < 1.29 is 19.4 Å². The molecular weight excluding hydrogens is 160 g/mol. The van der Waals surface area contributed by atoms with Crippen molar-refractivity contribution in [1.82, 2.24) is 0 Å². The average Bonchev–Trinajstić information content (AvgIpc) is 2.08. The van der Waals surface area contributed by atoms with Crippen LogP contribution in [0.2, 0.25) is 0 Å². The molecule has 4 heteroatoms. The van der Waals surface area contributed by atoms with Crippen LogP contribution in [0.4, 0.5) is 0 Å². The summed E-state index contributed by atoms with van der Waals surface area (Å²) in [6.45, 7) is 10.3. The Hall–Kier alpha value is -1.06. The van der Waals surface area contributed by atoms with E-state index in [2.05, 4.69) is 9.78 Å². The summed E-state index contributed by atoms with van der Waals surface area (Å²) in [7, 11) is 0. The van der Waals surface area contributed by atoms with Gasteiger partial charge in [-0.15, -0.1) is 0 Å². The van der Waals surface area contributed by atoms with Crippen molar-refractivity contribution in [2.45, 2.75) is 41.5 Å². The van der Waals surface area contributed by atoms with Crippen molar-refractivity contribution in [3.63, 3.8) is 0 Å². The standard InChI is InChI=1S/C4H6O4.2C2H6/c1-3(5)7-8-4(2)6;2*1-2/h1-2H3;2*1-2H3. The summed E-state index contributed by atoms with van der Waals surface area (Å²) in [6.07, 6.45) is 0. The summed E-state index contributed by atoms with van der Waals surface area (Å²) in [6, 6.07) is 0. The van der Waals surface area contributed by atoms with Crippen LogP contribution in [0.1, 0.15) is 41.5 Å². The Labute approximate surface area is 73.8 Å². The number of carbonyl (C=O) groups excluding carboxylic acids is 2. The molecule has 0 aliphatic carbocycles. The van der Waals surface area contributed by atoms with Gasteiger partial charge < -0.3 is 0 Å². The molecule has 0 spiro atoms. The highest BCUT2D eigenvalue weighted by Crippen LogP contribution is 1.78. The van der Waals surface area contributed by atoms with Crippen LogP contribution < -0.4 is 0 Å². The van der Waals surface area contributed by atoms with Crippen LogP contribution in [0.5, 0.6) is 0 Å². The first-order valence-corrected chi connectivity index (χ1v) is 3.98. The van der Waals surface area contributed by atoms with E-state index >= 15 is 0 Å². The van der Waals surface area contributed by atoms with Crippen molar-refractivity contribution in [2.75, 3.05) is 0 Å². The summed E-state index contributed by atoms with van der Waals surface area (Å²) < 4.78 is 0. The van der Waals surface area contributed by atoms with Crippen LogP contribution in [0.25, 0.3) is 0 Å². The zero-order chi connectivity index (χ0) is 10.6. The molecular formula is C8H18O4. The Bertz CT molecular complexity index is 95.6. The maximum atomic E-state index is 9.85. The zero-order valence-corrected chi connectivity index (χ0v) is 8.63. The quantitative estimate of drug-likeness (QED) is 0.421. The molecule has 0 aromatic heterocycles. The van der Waals surface area contributed by atoms with Crippen LogP contribution >= 0.6 is 0 Å². The van der Waals surface area contributed by atoms with Gasteiger partial charge in [-0.05, 0) is 0 Å². The molecule has 0 aliphatic rings. The molecule has 0 aliphatic heterocycles. The van der Waals surface area contributed by atoms with Gasteiger partial charge in [0.1, 0.15) is 0 Å². The van der Waals surface area contributed by atoms with Gasteiger partial charge in [-0.3, -0.25) is 0 Å². The average molecular weight is 178 g/mol. The third-order valence-electron chi connectivity index (χ3n) is 0.276. The first-order chi connectivity index (χ1) is 5.63. The van der Waals surface area contributed by atoms with E-state index in [1.807, 2.05) is 27.7 Å². The van der Waals surface area contributed by atoms with Crippen LogP contribution in [0.15, 0.2) is 0 Å². The molecule has 0 saturated carbocycles. The number of hydrogen-bond acceptors (Lipinski definition) is 4. The molecule has 0 atom stereocenters. The highest BCUT2D eigenvalue weighted by atomic mass is 17.2. The predicted octanol–water partition coefficient (Wildman–Crippen LogP) is 2.08. The summed E-state index contributed by atoms with van der Waals surface area (Å²) >= 11 is 0. The second-order valence-corrected chi connectivity index (χ2v) is 1.15. The van der Waals surface area contributed by atoms with E-state index in [0.717, 1.165) is 13.8 Å². The Morgan fingerprint density at radius 2 is 0.917 bits per heavy atom. The normalized spacial score (nSPS) is 6.17. The van der Waals surface area contributed by atoms with E-state index in [0.29, 0.717) is 0 Å². The number of carbonyl (C=O) groups is 2. The lowest BCUT2D eigenvalue weighted by atomic mass is 10.8. The lowest BCUT2D eigenvalue weighted by Crippen LogP contribution is -2.03. The summed E-state index contributed by atoms with van der Waals surface area (Å²) in [5, 5.41) is 0. The molecule has 0 rings (SSSR count). The van der Waals surface area contributed by atoms with Crippen molar-refractivity contribution in [2.24, 2.45) is 0 Å². The van der Waals surface area contributed by atoms with Gasteiger partial charge in [-0.25, -0.2) is 19.4 Å². The zero-order valence-electron chi connectivity index (χ0n) is 8.63. The lowest BCUT2D eigenvalue weighted by molar-refractivity contribution is -0.255. The third-order valence-corrected chi connectivity index (χ3v) is 0.276. The van der Waals surface area contributed by atoms with Crippen LogP contribution in [-0.2, 0) is 19.4 Å². The van der Waals surface area contributed by atoms with E-state index < -0.39 is 11.9 Å². The molecule has 0 unspecified atom stereocenters. The topological polar surface area (TPSA) is 52.6 Å². The molecule has 74 valence electrons. The van der Waals surface area contributed by atoms with Gasteiger partial charge in [-0.1, -0.05) is 27.7 Å². The smallest absolute Gasteiger partial charge is 0.248 e. The van der Waals surface area contributed by atoms with Crippen molar-refractivity contribution in [3.05, 3.63) is 0 Å². The Kier molecular flexibility index (Phi) is 23.6. The first-order valence-electron chi connectivity index (χ1n) is 3.98. The molecule has 0 saturated heterocycles. The van der Waals surface area contributed by atoms with Gasteiger partial charge in [0.15, 0.2) is 0 Å². The van der Waals surface area contributed by atoms with E-state index in [4.69, 9.17) is 0 Å². The van der Waals surface area contributed by atoms with Gasteiger partial charge in [0.2, 0.25) is 0 Å². The summed E-state index contributed by atoms with van der Waals surface area (Å²) in [5.74, 6) is -1.28. The molecule has 12 heavy (non-hydrogen) atoms. The minimum Gasteiger partial charge on any atom is -0.248 e. The van der Waals surface area contributed by atoms with Crippen molar-refractivity contribution in [1.29, 1.82) is 0 Å². The molecule has 0 aromatic rings. The number of rotatable bonds is 0. The second-order valence-electron chi connectivity index (χ2n) is 1.15. The SMILES string of the molecule is CC.CC.CC(=O)OOC(C)=O. The van der Waals surface area contributed by atoms with E-state index in [1.165, 1.54) is 0 Å². The Morgan fingerprint density at radius 3 is 1.00 bits per heavy atom. The molecule has 0 N–H and O–H groups in total. The van der Waals surface area contributed by atoms with Gasteiger partial charge >= 0.3 is 11.9 Å². The highest BCUT2D eigenvalue weighted by molar-refractivity contribution is 5.69. The van der Waals surface area contributed by atoms with Gasteiger partial charge in [0.05, 0.1) is 0 Å². The maximum absolute atomic E-state index is 9.85. The molecule has 0 amide bonds. The molecule has 0 radical (unpaired) electrons. The van der Waals surface area contributed by atoms with Crippen LogP contribution in [-0.4, -0.2) is 11.9 Å². The van der Waals surface area contributed by atoms with Crippen molar-refractivity contribution in [3.8, 4) is 0 Å². The van der Waals surface area contributed by atoms with Crippen LogP contribution in [0.3, 0.4) is 0 Å². The highest BCUT2D eigenvalue weighted by Gasteiger charge is 1.95. The van der Waals surface area contributed by atoms with Gasteiger partial charge in [0, 0.05) is 13.8 Å². The molecule has 0 aromatic carbocycles. The van der Waals surface area contributed by atoms with Gasteiger partial charge in [-0.2, -0.15) is 0 Å². The predicted molar refractivity (Wildman–Crippen MR) is 46.2 cm³/mol. The number of hydrogen-bond donors (Lipinski definition) is 0. The summed E-state index contributed by atoms with van der Waals surface area (Å²) in [5.41, 5.74) is 0. The fourth-order valence-electron chi connectivity index (χ4n) is 0.117. The second kappa shape index (κ2) is 16.5. The van der Waals surface area contributed by atoms with E-state index in [9.17, 15) is 9.59 Å². The molecule has 4 nitrogen and oxygen atoms in total. The van der Waals surface area contributed by atoms with Gasteiger partial charge in [0.25, 0.3) is 0 Å². The first kappa shape index (κ1) is 17.1. The molecule has 0 fully saturated rings. The maximum Gasteiger partial charge on any atom is 0.352 e. The fourth-order valence-corrected chi connectivity index (χ4v) is 0.117. The summed E-state index contributed by atoms with van der Waals surface area (Å²) in [4.78, 5) is 27.3. The van der Waals surface area contributed by atoms with E-state index in [-0.39, 0.29) is 0 Å². The Morgan fingerprint density at radius 1 is 0.750 bits per heavy atom. The minimum atomic E-state index is -0.639. The Balaban J connectivity index is -0.000000175. The molecule has 0 bridgehead atoms. The molecule has 0 heterocycles. The lowest BCUT2D eigenvalue weighted by Gasteiger charge is -1.93. The fraction of sp³-hybridized carbons (Fsp3) is 0.750. The monoisotopic (exact) mass is 178 g/mol. The largest absolute Gasteiger partial charge is 0.352 e.